The predicted octanol–water partition coefficient (Wildman–Crippen LogP) is 1.60. The Morgan fingerprint density at radius 1 is 1.37 bits per heavy atom. The Hall–Kier alpha value is -1.36. The van der Waals surface area contributed by atoms with Crippen LogP contribution in [0.2, 0.25) is 0 Å². The number of hydrogen-bond donors (Lipinski definition) is 2. The third-order valence-corrected chi connectivity index (χ3v) is 3.94. The van der Waals surface area contributed by atoms with Gasteiger partial charge >= 0.3 is 0 Å². The lowest BCUT2D eigenvalue weighted by atomic mass is 9.91. The van der Waals surface area contributed by atoms with Crippen molar-refractivity contribution in [3.8, 4) is 0 Å². The SMILES string of the molecule is CC(C)c1nc(N(C)C2CCC(N)CC2)cc(=O)[nH]1. The van der Waals surface area contributed by atoms with Crippen molar-refractivity contribution in [3.63, 3.8) is 0 Å². The van der Waals surface area contributed by atoms with Crippen LogP contribution >= 0.6 is 0 Å². The van der Waals surface area contributed by atoms with E-state index in [4.69, 9.17) is 5.73 Å². The lowest BCUT2D eigenvalue weighted by molar-refractivity contribution is 0.383. The Labute approximate surface area is 114 Å². The topological polar surface area (TPSA) is 75.0 Å². The van der Waals surface area contributed by atoms with Gasteiger partial charge in [-0.15, -0.1) is 0 Å². The van der Waals surface area contributed by atoms with Gasteiger partial charge in [-0.3, -0.25) is 4.79 Å². The van der Waals surface area contributed by atoms with Crippen LogP contribution in [-0.2, 0) is 0 Å². The molecule has 1 aliphatic carbocycles. The molecular weight excluding hydrogens is 240 g/mol. The molecule has 1 heterocycles. The summed E-state index contributed by atoms with van der Waals surface area (Å²) in [6.07, 6.45) is 4.25. The first-order chi connectivity index (χ1) is 8.97. The molecule has 1 aliphatic rings. The van der Waals surface area contributed by atoms with E-state index in [-0.39, 0.29) is 11.5 Å². The molecule has 0 spiro atoms. The van der Waals surface area contributed by atoms with E-state index in [0.29, 0.717) is 12.1 Å². The van der Waals surface area contributed by atoms with E-state index >= 15 is 0 Å². The van der Waals surface area contributed by atoms with Crippen molar-refractivity contribution in [1.82, 2.24) is 9.97 Å². The Kier molecular flexibility index (Phi) is 4.24. The number of hydrogen-bond acceptors (Lipinski definition) is 4. The minimum atomic E-state index is -0.0759. The third kappa shape index (κ3) is 3.35. The second kappa shape index (κ2) is 5.74. The molecule has 1 saturated carbocycles. The van der Waals surface area contributed by atoms with E-state index < -0.39 is 0 Å². The van der Waals surface area contributed by atoms with Crippen LogP contribution in [0.25, 0.3) is 0 Å². The number of anilines is 1. The van der Waals surface area contributed by atoms with Crippen LogP contribution < -0.4 is 16.2 Å². The number of rotatable bonds is 3. The second-order valence-corrected chi connectivity index (χ2v) is 5.82. The van der Waals surface area contributed by atoms with Crippen LogP contribution in [-0.4, -0.2) is 29.1 Å². The summed E-state index contributed by atoms with van der Waals surface area (Å²) in [5, 5.41) is 0. The van der Waals surface area contributed by atoms with Gasteiger partial charge in [0.1, 0.15) is 11.6 Å². The van der Waals surface area contributed by atoms with Gasteiger partial charge < -0.3 is 15.6 Å². The molecule has 3 N–H and O–H groups in total. The van der Waals surface area contributed by atoms with Crippen LogP contribution in [0.15, 0.2) is 10.9 Å². The normalized spacial score (nSPS) is 23.6. The molecule has 0 radical (unpaired) electrons. The molecule has 0 saturated heterocycles. The average Bonchev–Trinajstić information content (AvgIpc) is 2.38. The van der Waals surface area contributed by atoms with Crippen molar-refractivity contribution in [2.75, 3.05) is 11.9 Å². The summed E-state index contributed by atoms with van der Waals surface area (Å²) in [5.74, 6) is 1.75. The first kappa shape index (κ1) is 14.1. The Morgan fingerprint density at radius 2 is 2.00 bits per heavy atom. The molecule has 2 rings (SSSR count). The van der Waals surface area contributed by atoms with E-state index in [2.05, 4.69) is 14.9 Å². The maximum absolute atomic E-state index is 11.7. The van der Waals surface area contributed by atoms with Gasteiger partial charge in [0.05, 0.1) is 0 Å². The highest BCUT2D eigenvalue weighted by Crippen LogP contribution is 2.24. The molecule has 0 bridgehead atoms. The minimum absolute atomic E-state index is 0.0759. The first-order valence-electron chi connectivity index (χ1n) is 7.07. The number of aromatic amines is 1. The Balaban J connectivity index is 2.19. The molecule has 0 aromatic carbocycles. The van der Waals surface area contributed by atoms with Gasteiger partial charge in [0.2, 0.25) is 0 Å². The fraction of sp³-hybridized carbons (Fsp3) is 0.714. The van der Waals surface area contributed by atoms with Crippen molar-refractivity contribution in [2.45, 2.75) is 57.5 Å². The van der Waals surface area contributed by atoms with Crippen molar-refractivity contribution < 1.29 is 0 Å². The maximum atomic E-state index is 11.7. The fourth-order valence-corrected chi connectivity index (χ4v) is 2.59. The number of nitrogens with zero attached hydrogens (tertiary/aromatic N) is 2. The number of H-pyrrole nitrogens is 1. The Bertz CT molecular complexity index is 475. The summed E-state index contributed by atoms with van der Waals surface area (Å²) in [6, 6.07) is 2.36. The lowest BCUT2D eigenvalue weighted by Gasteiger charge is -2.34. The molecule has 0 amide bonds. The van der Waals surface area contributed by atoms with Gasteiger partial charge in [0, 0.05) is 31.1 Å². The van der Waals surface area contributed by atoms with Crippen molar-refractivity contribution >= 4 is 5.82 Å². The molecule has 1 aromatic heterocycles. The van der Waals surface area contributed by atoms with E-state index in [1.54, 1.807) is 6.07 Å². The number of nitrogens with two attached hydrogens (primary N) is 1. The highest BCUT2D eigenvalue weighted by molar-refractivity contribution is 5.38. The van der Waals surface area contributed by atoms with Gasteiger partial charge in [-0.05, 0) is 25.7 Å². The summed E-state index contributed by atoms with van der Waals surface area (Å²) in [4.78, 5) is 21.2. The van der Waals surface area contributed by atoms with Gasteiger partial charge in [-0.2, -0.15) is 0 Å². The fourth-order valence-electron chi connectivity index (χ4n) is 2.59. The molecule has 5 nitrogen and oxygen atoms in total. The summed E-state index contributed by atoms with van der Waals surface area (Å²) >= 11 is 0. The van der Waals surface area contributed by atoms with Crippen LogP contribution in [0.1, 0.15) is 51.3 Å². The van der Waals surface area contributed by atoms with Gasteiger partial charge in [0.25, 0.3) is 5.56 Å². The molecule has 0 aliphatic heterocycles. The standard InChI is InChI=1S/C14H24N4O/c1-9(2)14-16-12(8-13(19)17-14)18(3)11-6-4-10(15)5-7-11/h8-11H,4-7,15H2,1-3H3,(H,16,17,19). The predicted molar refractivity (Wildman–Crippen MR) is 77.6 cm³/mol. The summed E-state index contributed by atoms with van der Waals surface area (Å²) in [7, 11) is 2.02. The molecule has 0 unspecified atom stereocenters. The molecule has 1 aromatic rings. The Morgan fingerprint density at radius 3 is 2.58 bits per heavy atom. The molecule has 106 valence electrons. The van der Waals surface area contributed by atoms with Gasteiger partial charge in [-0.1, -0.05) is 13.8 Å². The third-order valence-electron chi connectivity index (χ3n) is 3.94. The molecule has 0 atom stereocenters. The largest absolute Gasteiger partial charge is 0.356 e. The summed E-state index contributed by atoms with van der Waals surface area (Å²) < 4.78 is 0. The zero-order valence-corrected chi connectivity index (χ0v) is 12.0. The van der Waals surface area contributed by atoms with E-state index in [9.17, 15) is 4.79 Å². The smallest absolute Gasteiger partial charge is 0.252 e. The van der Waals surface area contributed by atoms with E-state index in [1.807, 2.05) is 20.9 Å². The first-order valence-corrected chi connectivity index (χ1v) is 7.07. The molecule has 1 fully saturated rings. The van der Waals surface area contributed by atoms with Gasteiger partial charge in [0.15, 0.2) is 0 Å². The van der Waals surface area contributed by atoms with Gasteiger partial charge in [-0.25, -0.2) is 4.98 Å². The van der Waals surface area contributed by atoms with Crippen LogP contribution in [0.5, 0.6) is 0 Å². The lowest BCUT2D eigenvalue weighted by Crippen LogP contribution is -2.39. The zero-order chi connectivity index (χ0) is 14.0. The average molecular weight is 264 g/mol. The van der Waals surface area contributed by atoms with Crippen LogP contribution in [0.4, 0.5) is 5.82 Å². The van der Waals surface area contributed by atoms with Crippen LogP contribution in [0.3, 0.4) is 0 Å². The quantitative estimate of drug-likeness (QED) is 0.869. The summed E-state index contributed by atoms with van der Waals surface area (Å²) in [6.45, 7) is 4.06. The number of nitrogens with one attached hydrogen (secondary N) is 1. The molecule has 19 heavy (non-hydrogen) atoms. The number of aromatic nitrogens is 2. The minimum Gasteiger partial charge on any atom is -0.356 e. The monoisotopic (exact) mass is 264 g/mol. The highest BCUT2D eigenvalue weighted by atomic mass is 16.1. The summed E-state index contributed by atoms with van der Waals surface area (Å²) in [5.41, 5.74) is 5.86. The second-order valence-electron chi connectivity index (χ2n) is 5.82. The van der Waals surface area contributed by atoms with E-state index in [1.165, 1.54) is 0 Å². The van der Waals surface area contributed by atoms with Crippen molar-refractivity contribution in [3.05, 3.63) is 22.2 Å². The van der Waals surface area contributed by atoms with E-state index in [0.717, 1.165) is 37.3 Å². The maximum Gasteiger partial charge on any atom is 0.252 e. The highest BCUT2D eigenvalue weighted by Gasteiger charge is 2.23. The molecular formula is C14H24N4O. The van der Waals surface area contributed by atoms with Crippen molar-refractivity contribution in [1.29, 1.82) is 0 Å². The molecule has 5 heteroatoms. The van der Waals surface area contributed by atoms with Crippen LogP contribution in [0, 0.1) is 0 Å². The van der Waals surface area contributed by atoms with Crippen molar-refractivity contribution in [2.24, 2.45) is 5.73 Å². The zero-order valence-electron chi connectivity index (χ0n) is 12.0.